The molecule has 0 aromatic heterocycles. The van der Waals surface area contributed by atoms with Gasteiger partial charge in [-0.25, -0.2) is 4.39 Å². The molecule has 2 aliphatic rings. The van der Waals surface area contributed by atoms with Crippen LogP contribution in [0.25, 0.3) is 0 Å². The quantitative estimate of drug-likeness (QED) is 0.813. The average Bonchev–Trinajstić information content (AvgIpc) is 2.94. The first-order valence-electron chi connectivity index (χ1n) is 10.1. The molecule has 3 rings (SSSR count). The number of amides is 2. The van der Waals surface area contributed by atoms with Gasteiger partial charge in [-0.3, -0.25) is 14.5 Å². The van der Waals surface area contributed by atoms with E-state index >= 15 is 0 Å². The van der Waals surface area contributed by atoms with E-state index in [1.807, 2.05) is 24.0 Å². The minimum Gasteiger partial charge on any atom is -0.340 e. The summed E-state index contributed by atoms with van der Waals surface area (Å²) in [6.07, 6.45) is 4.15. The summed E-state index contributed by atoms with van der Waals surface area (Å²) < 4.78 is 13.1. The maximum atomic E-state index is 13.1. The van der Waals surface area contributed by atoms with E-state index in [4.69, 9.17) is 0 Å². The van der Waals surface area contributed by atoms with Crippen molar-refractivity contribution in [3.63, 3.8) is 0 Å². The maximum Gasteiger partial charge on any atom is 0.245 e. The van der Waals surface area contributed by atoms with Gasteiger partial charge in [0.15, 0.2) is 0 Å². The Morgan fingerprint density at radius 2 is 1.78 bits per heavy atom. The highest BCUT2D eigenvalue weighted by Crippen LogP contribution is 2.21. The van der Waals surface area contributed by atoms with Crippen molar-refractivity contribution in [3.8, 4) is 0 Å². The minimum absolute atomic E-state index is 0.0841. The summed E-state index contributed by atoms with van der Waals surface area (Å²) in [7, 11) is 0. The van der Waals surface area contributed by atoms with Crippen LogP contribution < -0.4 is 0 Å². The lowest BCUT2D eigenvalue weighted by atomic mass is 10.00. The standard InChI is InChI=1S/C21H30FN3O2/c1-2-20(26)25-13-4-3-6-19(25)21(27)24-12-5-11-23(14-15-24)16-17-7-9-18(22)10-8-17/h7-10,19H,2-6,11-16H2,1H3. The molecule has 0 saturated carbocycles. The molecule has 27 heavy (non-hydrogen) atoms. The number of hydrogen-bond acceptors (Lipinski definition) is 3. The van der Waals surface area contributed by atoms with E-state index in [0.29, 0.717) is 19.5 Å². The first-order valence-corrected chi connectivity index (χ1v) is 10.1. The van der Waals surface area contributed by atoms with E-state index < -0.39 is 0 Å². The Labute approximate surface area is 161 Å². The molecular formula is C21H30FN3O2. The molecule has 0 radical (unpaired) electrons. The average molecular weight is 375 g/mol. The van der Waals surface area contributed by atoms with E-state index in [0.717, 1.165) is 57.4 Å². The zero-order valence-electron chi connectivity index (χ0n) is 16.2. The number of hydrogen-bond donors (Lipinski definition) is 0. The number of piperidine rings is 1. The summed E-state index contributed by atoms with van der Waals surface area (Å²) >= 11 is 0. The Hall–Kier alpha value is -1.95. The van der Waals surface area contributed by atoms with Crippen LogP contribution in [-0.2, 0) is 16.1 Å². The number of likely N-dealkylation sites (tertiary alicyclic amines) is 1. The number of nitrogens with zero attached hydrogens (tertiary/aromatic N) is 3. The highest BCUT2D eigenvalue weighted by molar-refractivity contribution is 5.87. The summed E-state index contributed by atoms with van der Waals surface area (Å²) in [6.45, 7) is 6.48. The third-order valence-electron chi connectivity index (χ3n) is 5.63. The van der Waals surface area contributed by atoms with Gasteiger partial charge in [0.25, 0.3) is 0 Å². The largest absolute Gasteiger partial charge is 0.340 e. The molecule has 0 aliphatic carbocycles. The van der Waals surface area contributed by atoms with Crippen LogP contribution in [0.3, 0.4) is 0 Å². The van der Waals surface area contributed by atoms with Gasteiger partial charge < -0.3 is 9.80 Å². The second-order valence-electron chi connectivity index (χ2n) is 7.53. The van der Waals surface area contributed by atoms with Gasteiger partial charge in [0.05, 0.1) is 0 Å². The molecule has 2 aliphatic heterocycles. The SMILES string of the molecule is CCC(=O)N1CCCCC1C(=O)N1CCCN(Cc2ccc(F)cc2)CC1. The van der Waals surface area contributed by atoms with Gasteiger partial charge in [0.2, 0.25) is 11.8 Å². The number of carbonyl (C=O) groups is 2. The second-order valence-corrected chi connectivity index (χ2v) is 7.53. The predicted octanol–water partition coefficient (Wildman–Crippen LogP) is 2.65. The van der Waals surface area contributed by atoms with E-state index in [2.05, 4.69) is 4.90 Å². The highest BCUT2D eigenvalue weighted by Gasteiger charge is 2.34. The molecule has 0 spiro atoms. The van der Waals surface area contributed by atoms with Crippen LogP contribution >= 0.6 is 0 Å². The fourth-order valence-corrected chi connectivity index (χ4v) is 4.10. The van der Waals surface area contributed by atoms with Gasteiger partial charge in [-0.1, -0.05) is 19.1 Å². The van der Waals surface area contributed by atoms with Crippen LogP contribution in [0, 0.1) is 5.82 Å². The molecule has 2 amide bonds. The zero-order chi connectivity index (χ0) is 19.2. The van der Waals surface area contributed by atoms with Gasteiger partial charge >= 0.3 is 0 Å². The molecule has 5 nitrogen and oxygen atoms in total. The van der Waals surface area contributed by atoms with Crippen molar-refractivity contribution in [2.45, 2.75) is 51.6 Å². The van der Waals surface area contributed by atoms with Crippen molar-refractivity contribution in [1.82, 2.24) is 14.7 Å². The number of benzene rings is 1. The predicted molar refractivity (Wildman–Crippen MR) is 103 cm³/mol. The molecule has 1 unspecified atom stereocenters. The molecule has 148 valence electrons. The van der Waals surface area contributed by atoms with Crippen molar-refractivity contribution in [2.24, 2.45) is 0 Å². The zero-order valence-corrected chi connectivity index (χ0v) is 16.2. The van der Waals surface area contributed by atoms with E-state index in [-0.39, 0.29) is 23.7 Å². The molecule has 2 saturated heterocycles. The molecule has 1 atom stereocenters. The smallest absolute Gasteiger partial charge is 0.245 e. The normalized spacial score (nSPS) is 21.8. The molecule has 0 N–H and O–H groups in total. The molecule has 1 aromatic carbocycles. The van der Waals surface area contributed by atoms with Crippen LogP contribution in [0.4, 0.5) is 4.39 Å². The van der Waals surface area contributed by atoms with Crippen molar-refractivity contribution in [3.05, 3.63) is 35.6 Å². The summed E-state index contributed by atoms with van der Waals surface area (Å²) in [4.78, 5) is 31.4. The van der Waals surface area contributed by atoms with E-state index in [9.17, 15) is 14.0 Å². The van der Waals surface area contributed by atoms with Crippen LogP contribution in [0.2, 0.25) is 0 Å². The van der Waals surface area contributed by atoms with Crippen molar-refractivity contribution >= 4 is 11.8 Å². The Bertz CT molecular complexity index is 649. The Kier molecular flexibility index (Phi) is 6.83. The fourth-order valence-electron chi connectivity index (χ4n) is 4.10. The Morgan fingerprint density at radius 3 is 2.52 bits per heavy atom. The Morgan fingerprint density at radius 1 is 1.00 bits per heavy atom. The van der Waals surface area contributed by atoms with Gasteiger partial charge in [-0.2, -0.15) is 0 Å². The minimum atomic E-state index is -0.283. The fraction of sp³-hybridized carbons (Fsp3) is 0.619. The topological polar surface area (TPSA) is 43.9 Å². The van der Waals surface area contributed by atoms with Gasteiger partial charge in [-0.15, -0.1) is 0 Å². The number of carbonyl (C=O) groups excluding carboxylic acids is 2. The summed E-state index contributed by atoms with van der Waals surface area (Å²) in [5.41, 5.74) is 1.09. The van der Waals surface area contributed by atoms with Gasteiger partial charge in [0.1, 0.15) is 11.9 Å². The summed E-state index contributed by atoms with van der Waals surface area (Å²) in [5.74, 6) is -0.0222. The summed E-state index contributed by atoms with van der Waals surface area (Å²) in [5, 5.41) is 0. The highest BCUT2D eigenvalue weighted by atomic mass is 19.1. The number of halogens is 1. The maximum absolute atomic E-state index is 13.1. The second kappa shape index (κ2) is 9.31. The Balaban J connectivity index is 1.58. The van der Waals surface area contributed by atoms with Gasteiger partial charge in [-0.05, 0) is 43.4 Å². The molecule has 6 heteroatoms. The summed E-state index contributed by atoms with van der Waals surface area (Å²) in [6, 6.07) is 6.34. The molecule has 0 bridgehead atoms. The first-order chi connectivity index (χ1) is 13.1. The lowest BCUT2D eigenvalue weighted by molar-refractivity contribution is -0.147. The molecule has 2 fully saturated rings. The van der Waals surface area contributed by atoms with Crippen molar-refractivity contribution < 1.29 is 14.0 Å². The first kappa shape index (κ1) is 19.8. The van der Waals surface area contributed by atoms with Crippen LogP contribution in [0.5, 0.6) is 0 Å². The van der Waals surface area contributed by atoms with Crippen molar-refractivity contribution in [1.29, 1.82) is 0 Å². The van der Waals surface area contributed by atoms with E-state index in [1.54, 1.807) is 4.90 Å². The molecule has 2 heterocycles. The lowest BCUT2D eigenvalue weighted by Gasteiger charge is -2.37. The van der Waals surface area contributed by atoms with E-state index in [1.165, 1.54) is 12.1 Å². The lowest BCUT2D eigenvalue weighted by Crippen LogP contribution is -2.53. The molecule has 1 aromatic rings. The molecular weight excluding hydrogens is 345 g/mol. The monoisotopic (exact) mass is 375 g/mol. The van der Waals surface area contributed by atoms with Gasteiger partial charge in [0, 0.05) is 45.7 Å². The van der Waals surface area contributed by atoms with Crippen LogP contribution in [0.1, 0.15) is 44.6 Å². The van der Waals surface area contributed by atoms with Crippen molar-refractivity contribution in [2.75, 3.05) is 32.7 Å². The third-order valence-corrected chi connectivity index (χ3v) is 5.63. The number of rotatable bonds is 4. The van der Waals surface area contributed by atoms with Crippen LogP contribution in [-0.4, -0.2) is 65.3 Å². The third kappa shape index (κ3) is 5.06. The van der Waals surface area contributed by atoms with Crippen LogP contribution in [0.15, 0.2) is 24.3 Å².